The molecule has 2 N–H and O–H groups in total. The molecule has 0 fully saturated rings. The Morgan fingerprint density at radius 3 is 2.07 bits per heavy atom. The molecule has 2 aromatic carbocycles. The highest BCUT2D eigenvalue weighted by molar-refractivity contribution is 5.87. The second kappa shape index (κ2) is 8.44. The first-order valence-corrected chi connectivity index (χ1v) is 9.49. The number of carboxylic acids is 1. The van der Waals surface area contributed by atoms with Gasteiger partial charge in [-0.1, -0.05) is 36.4 Å². The molecule has 0 aliphatic carbocycles. The van der Waals surface area contributed by atoms with Crippen molar-refractivity contribution in [2.24, 2.45) is 0 Å². The Morgan fingerprint density at radius 2 is 1.57 bits per heavy atom. The number of carbonyl (C=O) groups is 3. The number of carbonyl (C=O) groups excluding carboxylic acids is 3. The van der Waals surface area contributed by atoms with Crippen molar-refractivity contribution in [2.45, 2.75) is 44.9 Å². The van der Waals surface area contributed by atoms with Crippen molar-refractivity contribution in [1.82, 2.24) is 10.6 Å². The van der Waals surface area contributed by atoms with Crippen LogP contribution in [0.3, 0.4) is 0 Å². The summed E-state index contributed by atoms with van der Waals surface area (Å²) in [5.74, 6) is -0.949. The Balaban J connectivity index is 1.75. The molecule has 0 saturated carbocycles. The Labute approximate surface area is 174 Å². The molecule has 0 bridgehead atoms. The topological polar surface area (TPSA) is 117 Å². The summed E-state index contributed by atoms with van der Waals surface area (Å²) in [5, 5.41) is 16.5. The Kier molecular flexibility index (Phi) is 5.96. The molecular weight excluding hydrogens is 388 g/mol. The van der Waals surface area contributed by atoms with Gasteiger partial charge in [0.25, 0.3) is 0 Å². The van der Waals surface area contributed by atoms with Crippen LogP contribution in [0.15, 0.2) is 48.5 Å². The maximum Gasteiger partial charge on any atom is 0.408 e. The molecule has 1 heterocycles. The van der Waals surface area contributed by atoms with Crippen LogP contribution in [0.25, 0.3) is 0 Å². The second-order valence-electron chi connectivity index (χ2n) is 7.90. The number of nitrogens with one attached hydrogen (secondary N) is 2. The van der Waals surface area contributed by atoms with Crippen LogP contribution in [0.4, 0.5) is 4.79 Å². The second-order valence-corrected chi connectivity index (χ2v) is 7.90. The number of benzene rings is 2. The zero-order chi connectivity index (χ0) is 21.9. The molecule has 8 heteroatoms. The Hall–Kier alpha value is -3.55. The standard InChI is InChI=1S/C22H24N2O6/c1-22(2,3)30-21(28)23-15(20(26)27)12-18(25)24-19-13-8-4-6-10-16(13)29-17-11-7-5-9-14(17)19/h4-11,15,19H,12H2,1-3H3,(H,23,28)(H,24,25)(H,26,27)/p-1/t15-/m0/s1. The van der Waals surface area contributed by atoms with E-state index in [1.165, 1.54) is 0 Å². The van der Waals surface area contributed by atoms with Gasteiger partial charge >= 0.3 is 6.09 Å². The molecule has 30 heavy (non-hydrogen) atoms. The molecule has 0 aromatic heterocycles. The lowest BCUT2D eigenvalue weighted by atomic mass is 9.94. The summed E-state index contributed by atoms with van der Waals surface area (Å²) in [6, 6.07) is 12.5. The predicted octanol–water partition coefficient (Wildman–Crippen LogP) is 2.03. The molecular formula is C22H23N2O6-. The Morgan fingerprint density at radius 1 is 1.03 bits per heavy atom. The lowest BCUT2D eigenvalue weighted by Gasteiger charge is -2.29. The number of ether oxygens (including phenoxy) is 2. The van der Waals surface area contributed by atoms with Gasteiger partial charge in [0.1, 0.15) is 17.1 Å². The number of alkyl carbamates (subject to hydrolysis) is 1. The summed E-state index contributed by atoms with van der Waals surface area (Å²) >= 11 is 0. The lowest BCUT2D eigenvalue weighted by Crippen LogP contribution is -2.51. The number of hydrogen-bond acceptors (Lipinski definition) is 6. The number of fused-ring (bicyclic) bond motifs is 2. The summed E-state index contributed by atoms with van der Waals surface area (Å²) in [5.41, 5.74) is 0.683. The molecule has 1 aliphatic rings. The van der Waals surface area contributed by atoms with E-state index in [9.17, 15) is 19.5 Å². The molecule has 2 aromatic rings. The van der Waals surface area contributed by atoms with Gasteiger partial charge in [-0.05, 0) is 32.9 Å². The van der Waals surface area contributed by atoms with Gasteiger partial charge in [-0.15, -0.1) is 0 Å². The van der Waals surface area contributed by atoms with Crippen LogP contribution >= 0.6 is 0 Å². The third-order valence-electron chi connectivity index (χ3n) is 4.35. The smallest absolute Gasteiger partial charge is 0.408 e. The van der Waals surface area contributed by atoms with E-state index in [-0.39, 0.29) is 0 Å². The minimum atomic E-state index is -1.58. The van der Waals surface area contributed by atoms with E-state index < -0.39 is 42.1 Å². The van der Waals surface area contributed by atoms with Crippen molar-refractivity contribution in [3.63, 3.8) is 0 Å². The summed E-state index contributed by atoms with van der Waals surface area (Å²) in [7, 11) is 0. The van der Waals surface area contributed by atoms with Gasteiger partial charge in [-0.2, -0.15) is 0 Å². The average Bonchev–Trinajstić information content (AvgIpc) is 2.65. The van der Waals surface area contributed by atoms with E-state index in [0.717, 1.165) is 11.1 Å². The van der Waals surface area contributed by atoms with E-state index in [1.54, 1.807) is 32.9 Å². The third-order valence-corrected chi connectivity index (χ3v) is 4.35. The molecule has 0 radical (unpaired) electrons. The fraction of sp³-hybridized carbons (Fsp3) is 0.318. The van der Waals surface area contributed by atoms with Crippen LogP contribution in [0.5, 0.6) is 11.5 Å². The van der Waals surface area contributed by atoms with Gasteiger partial charge in [0, 0.05) is 11.1 Å². The van der Waals surface area contributed by atoms with Crippen molar-refractivity contribution in [3.05, 3.63) is 59.7 Å². The summed E-state index contributed by atoms with van der Waals surface area (Å²) in [4.78, 5) is 36.0. The first kappa shape index (κ1) is 21.2. The monoisotopic (exact) mass is 411 g/mol. The lowest BCUT2D eigenvalue weighted by molar-refractivity contribution is -0.308. The van der Waals surface area contributed by atoms with Crippen LogP contribution in [-0.4, -0.2) is 29.6 Å². The number of amides is 2. The largest absolute Gasteiger partial charge is 0.548 e. The highest BCUT2D eigenvalue weighted by atomic mass is 16.6. The van der Waals surface area contributed by atoms with E-state index in [2.05, 4.69) is 10.6 Å². The van der Waals surface area contributed by atoms with Gasteiger partial charge < -0.3 is 30.0 Å². The molecule has 1 aliphatic heterocycles. The fourth-order valence-electron chi connectivity index (χ4n) is 3.11. The molecule has 0 spiro atoms. The maximum absolute atomic E-state index is 12.7. The summed E-state index contributed by atoms with van der Waals surface area (Å²) < 4.78 is 10.9. The maximum atomic E-state index is 12.7. The molecule has 2 amide bonds. The molecule has 8 nitrogen and oxygen atoms in total. The van der Waals surface area contributed by atoms with Crippen LogP contribution in [0.1, 0.15) is 44.4 Å². The Bertz CT molecular complexity index is 921. The van der Waals surface area contributed by atoms with Crippen LogP contribution < -0.4 is 20.5 Å². The van der Waals surface area contributed by atoms with Crippen molar-refractivity contribution in [2.75, 3.05) is 0 Å². The summed E-state index contributed by atoms with van der Waals surface area (Å²) in [6.45, 7) is 4.94. The highest BCUT2D eigenvalue weighted by Gasteiger charge is 2.29. The molecule has 3 rings (SSSR count). The van der Waals surface area contributed by atoms with E-state index in [4.69, 9.17) is 9.47 Å². The van der Waals surface area contributed by atoms with Crippen LogP contribution in [-0.2, 0) is 14.3 Å². The van der Waals surface area contributed by atoms with Gasteiger partial charge in [-0.3, -0.25) is 4.79 Å². The quantitative estimate of drug-likeness (QED) is 0.778. The molecule has 0 saturated heterocycles. The molecule has 158 valence electrons. The number of rotatable bonds is 5. The number of aliphatic carboxylic acids is 1. The molecule has 0 unspecified atom stereocenters. The van der Waals surface area contributed by atoms with Crippen molar-refractivity contribution < 1.29 is 29.0 Å². The first-order valence-electron chi connectivity index (χ1n) is 9.49. The fourth-order valence-corrected chi connectivity index (χ4v) is 3.11. The minimum absolute atomic E-state index is 0.511. The highest BCUT2D eigenvalue weighted by Crippen LogP contribution is 2.42. The van der Waals surface area contributed by atoms with Gasteiger partial charge in [0.05, 0.1) is 24.5 Å². The normalized spacial score (nSPS) is 13.8. The number of carboxylic acid groups (broad SMARTS) is 1. The SMILES string of the molecule is CC(C)(C)OC(=O)N[C@@H](CC(=O)NC1c2ccccc2Oc2ccccc21)C(=O)[O-]. The zero-order valence-electron chi connectivity index (χ0n) is 16.9. The van der Waals surface area contributed by atoms with Gasteiger partial charge in [-0.25, -0.2) is 4.79 Å². The summed E-state index contributed by atoms with van der Waals surface area (Å²) in [6.07, 6.45) is -1.45. The van der Waals surface area contributed by atoms with Crippen molar-refractivity contribution in [1.29, 1.82) is 0 Å². The van der Waals surface area contributed by atoms with E-state index in [0.29, 0.717) is 11.5 Å². The van der Waals surface area contributed by atoms with Crippen LogP contribution in [0, 0.1) is 0 Å². The third kappa shape index (κ3) is 5.08. The van der Waals surface area contributed by atoms with Gasteiger partial charge in [0.2, 0.25) is 5.91 Å². The molecule has 1 atom stereocenters. The zero-order valence-corrected chi connectivity index (χ0v) is 16.9. The average molecular weight is 411 g/mol. The van der Waals surface area contributed by atoms with Gasteiger partial charge in [0.15, 0.2) is 0 Å². The number of hydrogen-bond donors (Lipinski definition) is 2. The number of para-hydroxylation sites is 2. The minimum Gasteiger partial charge on any atom is -0.548 e. The van der Waals surface area contributed by atoms with Crippen molar-refractivity contribution in [3.8, 4) is 11.5 Å². The van der Waals surface area contributed by atoms with Crippen molar-refractivity contribution >= 4 is 18.0 Å². The van der Waals surface area contributed by atoms with Crippen LogP contribution in [0.2, 0.25) is 0 Å². The first-order chi connectivity index (χ1) is 14.1. The van der Waals surface area contributed by atoms with E-state index >= 15 is 0 Å². The predicted molar refractivity (Wildman–Crippen MR) is 106 cm³/mol. The van der Waals surface area contributed by atoms with E-state index in [1.807, 2.05) is 36.4 Å².